The lowest BCUT2D eigenvalue weighted by atomic mass is 9.96. The van der Waals surface area contributed by atoms with Crippen molar-refractivity contribution in [3.05, 3.63) is 41.5 Å². The summed E-state index contributed by atoms with van der Waals surface area (Å²) in [7, 11) is 0. The topological polar surface area (TPSA) is 175 Å². The van der Waals surface area contributed by atoms with Crippen LogP contribution in [0.25, 0.3) is 43.6 Å². The van der Waals surface area contributed by atoms with Gasteiger partial charge in [-0.15, -0.1) is 0 Å². The number of ether oxygens (including phenoxy) is 3. The van der Waals surface area contributed by atoms with Crippen molar-refractivity contribution in [1.29, 1.82) is 0 Å². The fraction of sp³-hybridized carbons (Fsp3) is 0.310. The number of amides is 2. The zero-order valence-electron chi connectivity index (χ0n) is 22.1. The number of rotatable bonds is 6. The average Bonchev–Trinajstić information content (AvgIpc) is 3.58. The second kappa shape index (κ2) is 9.08. The van der Waals surface area contributed by atoms with Crippen molar-refractivity contribution in [2.24, 2.45) is 0 Å². The lowest BCUT2D eigenvalue weighted by Crippen LogP contribution is -2.40. The van der Waals surface area contributed by atoms with Crippen LogP contribution in [0.1, 0.15) is 40.8 Å². The number of aromatic hydroxyl groups is 1. The van der Waals surface area contributed by atoms with Gasteiger partial charge in [0.05, 0.1) is 45.9 Å². The van der Waals surface area contributed by atoms with E-state index in [4.69, 9.17) is 14.2 Å². The molecule has 0 spiro atoms. The Morgan fingerprint density at radius 2 is 1.66 bits per heavy atom. The van der Waals surface area contributed by atoms with Crippen molar-refractivity contribution in [1.82, 2.24) is 14.9 Å². The number of phenolic OH excluding ortho intramolecular Hbond substituents is 1. The van der Waals surface area contributed by atoms with Crippen LogP contribution in [-0.2, 0) is 4.74 Å². The molecule has 5 aromatic rings. The molecule has 2 aliphatic rings. The Balaban J connectivity index is 1.59. The lowest BCUT2D eigenvalue weighted by Gasteiger charge is -2.27. The second-order valence-electron chi connectivity index (χ2n) is 10.4. The number of carbonyl (C=O) groups is 2. The van der Waals surface area contributed by atoms with Crippen molar-refractivity contribution in [2.75, 3.05) is 19.8 Å². The standard InChI is InChI=1S/C29H27N3O9/c1-11(27(36)18(35)10-33)41-12(2)32-17-4-3-13(34)7-15(17)22-24-23(28(37)31-29(24)38)21-14-8-19-20(40-6-5-39-19)9-16(14)30-25(21)26(22)32/h3-4,7-9,11-12,18,27,30,33-36H,5-6,10H2,1-2H3,(H,31,37,38). The minimum absolute atomic E-state index is 0.0304. The van der Waals surface area contributed by atoms with Crippen LogP contribution in [0.15, 0.2) is 30.3 Å². The van der Waals surface area contributed by atoms with Gasteiger partial charge in [-0.25, -0.2) is 0 Å². The van der Waals surface area contributed by atoms with Crippen LogP contribution >= 0.6 is 0 Å². The number of aromatic amines is 1. The highest BCUT2D eigenvalue weighted by molar-refractivity contribution is 6.39. The van der Waals surface area contributed by atoms with Gasteiger partial charge in [-0.3, -0.25) is 14.9 Å². The van der Waals surface area contributed by atoms with E-state index in [-0.39, 0.29) is 16.9 Å². The van der Waals surface area contributed by atoms with Crippen LogP contribution < -0.4 is 14.8 Å². The number of aliphatic hydroxyl groups is 3. The molecule has 6 N–H and O–H groups in total. The van der Waals surface area contributed by atoms with Crippen molar-refractivity contribution < 1.29 is 44.2 Å². The molecule has 2 amide bonds. The Labute approximate surface area is 231 Å². The summed E-state index contributed by atoms with van der Waals surface area (Å²) in [6, 6.07) is 8.31. The molecule has 0 saturated heterocycles. The van der Waals surface area contributed by atoms with Gasteiger partial charge in [-0.2, -0.15) is 0 Å². The first-order chi connectivity index (χ1) is 19.7. The number of phenols is 1. The molecule has 0 saturated carbocycles. The minimum Gasteiger partial charge on any atom is -0.508 e. The highest BCUT2D eigenvalue weighted by Gasteiger charge is 2.37. The van der Waals surface area contributed by atoms with Gasteiger partial charge in [0.2, 0.25) is 0 Å². The number of benzene rings is 3. The van der Waals surface area contributed by atoms with E-state index in [1.165, 1.54) is 12.1 Å². The van der Waals surface area contributed by atoms with Gasteiger partial charge in [0.1, 0.15) is 37.4 Å². The fourth-order valence-corrected chi connectivity index (χ4v) is 6.15. The Morgan fingerprint density at radius 1 is 0.976 bits per heavy atom. The van der Waals surface area contributed by atoms with Gasteiger partial charge in [-0.05, 0) is 38.1 Å². The summed E-state index contributed by atoms with van der Waals surface area (Å²) in [6.45, 7) is 3.46. The monoisotopic (exact) mass is 561 g/mol. The molecular weight excluding hydrogens is 534 g/mol. The van der Waals surface area contributed by atoms with E-state index in [2.05, 4.69) is 10.3 Å². The zero-order chi connectivity index (χ0) is 28.7. The quantitative estimate of drug-likeness (QED) is 0.170. The smallest absolute Gasteiger partial charge is 0.259 e. The number of hydrogen-bond donors (Lipinski definition) is 6. The predicted molar refractivity (Wildman–Crippen MR) is 148 cm³/mol. The SMILES string of the molecule is CC(OC(C)n1c2ccc(O)cc2c2c3c(c4c5cc6c(cc5[nH]c4c21)OCCO6)C(=O)NC3=O)C(O)C(O)CO. The molecule has 41 heavy (non-hydrogen) atoms. The molecule has 0 radical (unpaired) electrons. The van der Waals surface area contributed by atoms with Crippen LogP contribution in [0.2, 0.25) is 0 Å². The molecule has 2 aliphatic heterocycles. The largest absolute Gasteiger partial charge is 0.508 e. The van der Waals surface area contributed by atoms with Crippen molar-refractivity contribution >= 4 is 55.4 Å². The number of imide groups is 1. The summed E-state index contributed by atoms with van der Waals surface area (Å²) in [5.74, 6) is -0.0497. The fourth-order valence-electron chi connectivity index (χ4n) is 6.15. The third-order valence-electron chi connectivity index (χ3n) is 7.95. The molecule has 3 aromatic carbocycles. The molecule has 4 heterocycles. The maximum atomic E-state index is 13.3. The molecule has 12 nitrogen and oxygen atoms in total. The third-order valence-corrected chi connectivity index (χ3v) is 7.95. The highest BCUT2D eigenvalue weighted by Crippen LogP contribution is 2.47. The Hall–Kier alpha value is -4.36. The minimum atomic E-state index is -1.40. The molecule has 0 bridgehead atoms. The van der Waals surface area contributed by atoms with Crippen LogP contribution in [0.5, 0.6) is 17.2 Å². The van der Waals surface area contributed by atoms with Gasteiger partial charge in [0.15, 0.2) is 11.5 Å². The maximum absolute atomic E-state index is 13.3. The first kappa shape index (κ1) is 25.6. The number of hydrogen-bond acceptors (Lipinski definition) is 9. The first-order valence-electron chi connectivity index (χ1n) is 13.2. The number of nitrogens with one attached hydrogen (secondary N) is 2. The predicted octanol–water partition coefficient (Wildman–Crippen LogP) is 2.43. The molecule has 2 aromatic heterocycles. The van der Waals surface area contributed by atoms with E-state index in [0.29, 0.717) is 68.3 Å². The number of aromatic nitrogens is 2. The van der Waals surface area contributed by atoms with Crippen molar-refractivity contribution in [3.63, 3.8) is 0 Å². The Kier molecular flexibility index (Phi) is 5.67. The lowest BCUT2D eigenvalue weighted by molar-refractivity contribution is -0.128. The van der Waals surface area contributed by atoms with E-state index in [1.807, 2.05) is 4.57 Å². The summed E-state index contributed by atoms with van der Waals surface area (Å²) in [5.41, 5.74) is 2.74. The average molecular weight is 562 g/mol. The summed E-state index contributed by atoms with van der Waals surface area (Å²) >= 11 is 0. The number of nitrogens with zero attached hydrogens (tertiary/aromatic N) is 1. The van der Waals surface area contributed by atoms with E-state index in [1.54, 1.807) is 32.0 Å². The van der Waals surface area contributed by atoms with Gasteiger partial charge < -0.3 is 44.2 Å². The number of H-pyrrole nitrogens is 1. The number of carbonyl (C=O) groups excluding carboxylic acids is 2. The second-order valence-corrected chi connectivity index (χ2v) is 10.4. The number of fused-ring (bicyclic) bond motifs is 11. The van der Waals surface area contributed by atoms with Crippen LogP contribution in [0.3, 0.4) is 0 Å². The summed E-state index contributed by atoms with van der Waals surface area (Å²) in [5, 5.41) is 44.7. The van der Waals surface area contributed by atoms with Crippen LogP contribution in [-0.4, -0.2) is 79.9 Å². The van der Waals surface area contributed by atoms with E-state index in [0.717, 1.165) is 0 Å². The third kappa shape index (κ3) is 3.61. The van der Waals surface area contributed by atoms with Crippen molar-refractivity contribution in [2.45, 2.75) is 38.4 Å². The highest BCUT2D eigenvalue weighted by atomic mass is 16.6. The molecular formula is C29H27N3O9. The van der Waals surface area contributed by atoms with Gasteiger partial charge >= 0.3 is 0 Å². The molecule has 4 unspecified atom stereocenters. The first-order valence-corrected chi connectivity index (χ1v) is 13.2. The summed E-state index contributed by atoms with van der Waals surface area (Å²) < 4.78 is 19.5. The zero-order valence-corrected chi connectivity index (χ0v) is 22.1. The Bertz CT molecular complexity index is 1920. The van der Waals surface area contributed by atoms with E-state index in [9.17, 15) is 30.0 Å². The Morgan fingerprint density at radius 3 is 2.37 bits per heavy atom. The van der Waals surface area contributed by atoms with Crippen molar-refractivity contribution in [3.8, 4) is 17.2 Å². The number of aliphatic hydroxyl groups excluding tert-OH is 3. The summed E-state index contributed by atoms with van der Waals surface area (Å²) in [6.07, 6.45) is -4.44. The summed E-state index contributed by atoms with van der Waals surface area (Å²) in [4.78, 5) is 30.0. The van der Waals surface area contributed by atoms with Crippen LogP contribution in [0, 0.1) is 0 Å². The normalized spacial score (nSPS) is 17.8. The molecule has 4 atom stereocenters. The molecule has 7 rings (SSSR count). The van der Waals surface area contributed by atoms with E-state index >= 15 is 0 Å². The van der Waals surface area contributed by atoms with Gasteiger partial charge in [-0.1, -0.05) is 0 Å². The van der Waals surface area contributed by atoms with Gasteiger partial charge in [0, 0.05) is 27.6 Å². The molecule has 0 aliphatic carbocycles. The molecule has 12 heteroatoms. The van der Waals surface area contributed by atoms with Gasteiger partial charge in [0.25, 0.3) is 11.8 Å². The maximum Gasteiger partial charge on any atom is 0.259 e. The molecule has 0 fully saturated rings. The molecule has 212 valence electrons. The van der Waals surface area contributed by atoms with E-state index < -0.39 is 43.0 Å². The van der Waals surface area contributed by atoms with Crippen LogP contribution in [0.4, 0.5) is 0 Å².